The number of rotatable bonds is 0. The smallest absolute Gasteiger partial charge is 0.0703 e. The molecule has 0 saturated heterocycles. The van der Waals surface area contributed by atoms with Crippen LogP contribution in [0.3, 0.4) is 0 Å². The molecule has 0 spiro atoms. The molecule has 2 radical (unpaired) electrons. The maximum Gasteiger partial charge on any atom is 0.0703 e. The lowest BCUT2D eigenvalue weighted by Gasteiger charge is -2.62. The van der Waals surface area contributed by atoms with Gasteiger partial charge in [-0.05, 0) is 29.6 Å². The molecule has 0 aromatic carbocycles. The summed E-state index contributed by atoms with van der Waals surface area (Å²) in [6.45, 7) is 7.15. The van der Waals surface area contributed by atoms with Crippen molar-refractivity contribution in [3.05, 3.63) is 0 Å². The Morgan fingerprint density at radius 2 is 1.91 bits per heavy atom. The Morgan fingerprint density at radius 3 is 2.27 bits per heavy atom. The minimum atomic E-state index is 0.492. The molecule has 0 amide bonds. The fourth-order valence-corrected chi connectivity index (χ4v) is 3.19. The van der Waals surface area contributed by atoms with Crippen molar-refractivity contribution in [2.45, 2.75) is 39.4 Å². The van der Waals surface area contributed by atoms with Gasteiger partial charge in [0.15, 0.2) is 0 Å². The first kappa shape index (κ1) is 7.70. The van der Waals surface area contributed by atoms with E-state index in [9.17, 15) is 0 Å². The van der Waals surface area contributed by atoms with E-state index in [-0.39, 0.29) is 0 Å². The summed E-state index contributed by atoms with van der Waals surface area (Å²) in [5.41, 5.74) is 0.606. The lowest BCUT2D eigenvalue weighted by Crippen LogP contribution is -2.53. The highest BCUT2D eigenvalue weighted by Crippen LogP contribution is 2.63. The van der Waals surface area contributed by atoms with Crippen molar-refractivity contribution in [2.75, 3.05) is 0 Å². The van der Waals surface area contributed by atoms with Gasteiger partial charge in [-0.25, -0.2) is 0 Å². The molecular formula is C10H17B. The van der Waals surface area contributed by atoms with Gasteiger partial charge in [-0.15, -0.1) is 0 Å². The average Bonchev–Trinajstić information content (AvgIpc) is 1.93. The third kappa shape index (κ3) is 0.831. The molecule has 1 heteroatoms. The second-order valence-electron chi connectivity index (χ2n) is 5.12. The summed E-state index contributed by atoms with van der Waals surface area (Å²) in [4.78, 5) is 0. The largest absolute Gasteiger partial charge is 0.0743 e. The molecular weight excluding hydrogens is 131 g/mol. The summed E-state index contributed by atoms with van der Waals surface area (Å²) in [5.74, 6) is 3.09. The molecule has 60 valence electrons. The van der Waals surface area contributed by atoms with Gasteiger partial charge in [0, 0.05) is 0 Å². The third-order valence-corrected chi connectivity index (χ3v) is 4.41. The molecule has 0 N–H and O–H groups in total. The molecule has 2 bridgehead atoms. The number of hydrogen-bond acceptors (Lipinski definition) is 0. The lowest BCUT2D eigenvalue weighted by molar-refractivity contribution is -0.0979. The summed E-state index contributed by atoms with van der Waals surface area (Å²) in [6, 6.07) is 0. The SMILES string of the molecule is [B]C1CC2CC(C1C)C2(C)C. The standard InChI is InChI=1S/C10H17B/c1-6-8-4-7(5-9(6)11)10(8,2)3/h6-9H,4-5H2,1-3H3. The van der Waals surface area contributed by atoms with Gasteiger partial charge in [0.1, 0.15) is 0 Å². The van der Waals surface area contributed by atoms with Gasteiger partial charge >= 0.3 is 0 Å². The van der Waals surface area contributed by atoms with Gasteiger partial charge in [0.2, 0.25) is 0 Å². The van der Waals surface area contributed by atoms with Crippen LogP contribution >= 0.6 is 0 Å². The van der Waals surface area contributed by atoms with Gasteiger partial charge in [-0.3, -0.25) is 0 Å². The van der Waals surface area contributed by atoms with Gasteiger partial charge in [-0.1, -0.05) is 33.0 Å². The van der Waals surface area contributed by atoms with E-state index < -0.39 is 0 Å². The van der Waals surface area contributed by atoms with Crippen LogP contribution in [0, 0.1) is 23.2 Å². The quantitative estimate of drug-likeness (QED) is 0.463. The predicted octanol–water partition coefficient (Wildman–Crippen LogP) is 2.65. The van der Waals surface area contributed by atoms with Gasteiger partial charge in [-0.2, -0.15) is 0 Å². The van der Waals surface area contributed by atoms with Crippen LogP contribution in [0.1, 0.15) is 33.6 Å². The Bertz CT molecular complexity index is 174. The van der Waals surface area contributed by atoms with E-state index >= 15 is 0 Å². The molecule has 0 aliphatic heterocycles. The molecule has 3 aliphatic rings. The molecule has 4 atom stereocenters. The highest BCUT2D eigenvalue weighted by molar-refractivity contribution is 6.12. The third-order valence-electron chi connectivity index (χ3n) is 4.41. The zero-order chi connectivity index (χ0) is 8.22. The predicted molar refractivity (Wildman–Crippen MR) is 48.7 cm³/mol. The van der Waals surface area contributed by atoms with Crippen molar-refractivity contribution in [3.63, 3.8) is 0 Å². The maximum atomic E-state index is 6.02. The molecule has 0 aromatic rings. The summed E-state index contributed by atoms with van der Waals surface area (Å²) >= 11 is 0. The first-order chi connectivity index (χ1) is 5.03. The van der Waals surface area contributed by atoms with Crippen LogP contribution in [0.5, 0.6) is 0 Å². The van der Waals surface area contributed by atoms with Gasteiger partial charge in [0.05, 0.1) is 7.85 Å². The minimum Gasteiger partial charge on any atom is -0.0743 e. The zero-order valence-corrected chi connectivity index (χ0v) is 7.80. The van der Waals surface area contributed by atoms with E-state index in [1.54, 1.807) is 0 Å². The maximum absolute atomic E-state index is 6.02. The summed E-state index contributed by atoms with van der Waals surface area (Å²) in [6.07, 6.45) is 2.71. The molecule has 11 heavy (non-hydrogen) atoms. The van der Waals surface area contributed by atoms with E-state index in [1.165, 1.54) is 12.8 Å². The Kier molecular flexibility index (Phi) is 1.44. The molecule has 3 saturated carbocycles. The van der Waals surface area contributed by atoms with E-state index in [0.717, 1.165) is 17.8 Å². The Morgan fingerprint density at radius 1 is 1.27 bits per heavy atom. The van der Waals surface area contributed by atoms with E-state index in [4.69, 9.17) is 7.85 Å². The molecule has 0 nitrogen and oxygen atoms in total. The molecule has 0 heterocycles. The van der Waals surface area contributed by atoms with Crippen LogP contribution in [0.2, 0.25) is 5.82 Å². The highest BCUT2D eigenvalue weighted by Gasteiger charge is 2.54. The molecule has 3 aliphatic carbocycles. The number of fused-ring (bicyclic) bond motifs is 2. The van der Waals surface area contributed by atoms with Crippen LogP contribution in [0.4, 0.5) is 0 Å². The summed E-state index contributed by atoms with van der Waals surface area (Å²) in [7, 11) is 6.02. The van der Waals surface area contributed by atoms with Crippen molar-refractivity contribution in [1.82, 2.24) is 0 Å². The number of hydrogen-bond donors (Lipinski definition) is 0. The molecule has 3 rings (SSSR count). The van der Waals surface area contributed by atoms with E-state index in [1.807, 2.05) is 0 Å². The van der Waals surface area contributed by atoms with Crippen molar-refractivity contribution in [1.29, 1.82) is 0 Å². The Labute approximate surface area is 71.2 Å². The summed E-state index contributed by atoms with van der Waals surface area (Å²) in [5, 5.41) is 0. The van der Waals surface area contributed by atoms with Crippen LogP contribution in [-0.4, -0.2) is 7.85 Å². The second-order valence-corrected chi connectivity index (χ2v) is 5.12. The van der Waals surface area contributed by atoms with Gasteiger partial charge in [0.25, 0.3) is 0 Å². The highest BCUT2D eigenvalue weighted by atomic mass is 14.6. The van der Waals surface area contributed by atoms with Crippen LogP contribution in [-0.2, 0) is 0 Å². The van der Waals surface area contributed by atoms with Crippen LogP contribution in [0.25, 0.3) is 0 Å². The van der Waals surface area contributed by atoms with Crippen LogP contribution in [0.15, 0.2) is 0 Å². The molecule has 0 aromatic heterocycles. The summed E-state index contributed by atoms with van der Waals surface area (Å²) < 4.78 is 0. The lowest BCUT2D eigenvalue weighted by atomic mass is 9.41. The average molecular weight is 148 g/mol. The van der Waals surface area contributed by atoms with Gasteiger partial charge < -0.3 is 0 Å². The topological polar surface area (TPSA) is 0 Å². The molecule has 3 fully saturated rings. The fraction of sp³-hybridized carbons (Fsp3) is 1.00. The van der Waals surface area contributed by atoms with Crippen molar-refractivity contribution in [2.24, 2.45) is 23.2 Å². The first-order valence-corrected chi connectivity index (χ1v) is 4.79. The van der Waals surface area contributed by atoms with Crippen molar-refractivity contribution >= 4 is 7.85 Å². The van der Waals surface area contributed by atoms with Crippen molar-refractivity contribution < 1.29 is 0 Å². The molecule has 4 unspecified atom stereocenters. The Balaban J connectivity index is 2.17. The second kappa shape index (κ2) is 2.05. The van der Waals surface area contributed by atoms with E-state index in [2.05, 4.69) is 20.8 Å². The monoisotopic (exact) mass is 148 g/mol. The Hall–Kier alpha value is 0.0649. The van der Waals surface area contributed by atoms with Crippen molar-refractivity contribution in [3.8, 4) is 0 Å². The van der Waals surface area contributed by atoms with E-state index in [0.29, 0.717) is 11.2 Å². The minimum absolute atomic E-state index is 0.492. The normalized spacial score (nSPS) is 53.4. The first-order valence-electron chi connectivity index (χ1n) is 4.79. The van der Waals surface area contributed by atoms with Crippen LogP contribution < -0.4 is 0 Å². The zero-order valence-electron chi connectivity index (χ0n) is 7.80. The fourth-order valence-electron chi connectivity index (χ4n) is 3.19.